The zero-order chi connectivity index (χ0) is 13.8. The molecule has 106 valence electrons. The minimum atomic E-state index is -0.308. The third-order valence-corrected chi connectivity index (χ3v) is 3.57. The van der Waals surface area contributed by atoms with Crippen molar-refractivity contribution < 1.29 is 19.2 Å². The second kappa shape index (κ2) is 6.16. The first kappa shape index (κ1) is 14.0. The SMILES string of the molecule is COCc1cc(C(=O)N2CCC(C(C)O)CC2)no1. The minimum absolute atomic E-state index is 0.116. The van der Waals surface area contributed by atoms with Crippen LogP contribution in [-0.4, -0.2) is 47.4 Å². The fraction of sp³-hybridized carbons (Fsp3) is 0.692. The Bertz CT molecular complexity index is 422. The number of nitrogens with zero attached hydrogens (tertiary/aromatic N) is 2. The van der Waals surface area contributed by atoms with Crippen LogP contribution in [0.4, 0.5) is 0 Å². The number of amides is 1. The van der Waals surface area contributed by atoms with Crippen molar-refractivity contribution in [3.05, 3.63) is 17.5 Å². The largest absolute Gasteiger partial charge is 0.393 e. The van der Waals surface area contributed by atoms with Gasteiger partial charge in [0, 0.05) is 26.3 Å². The Morgan fingerprint density at radius 2 is 2.32 bits per heavy atom. The number of aliphatic hydroxyl groups excluding tert-OH is 1. The van der Waals surface area contributed by atoms with Crippen LogP contribution >= 0.6 is 0 Å². The molecule has 1 N–H and O–H groups in total. The number of piperidine rings is 1. The Kier molecular flexibility index (Phi) is 4.55. The van der Waals surface area contributed by atoms with Gasteiger partial charge in [-0.2, -0.15) is 0 Å². The first-order chi connectivity index (χ1) is 9.11. The fourth-order valence-electron chi connectivity index (χ4n) is 2.37. The number of aromatic nitrogens is 1. The highest BCUT2D eigenvalue weighted by atomic mass is 16.5. The summed E-state index contributed by atoms with van der Waals surface area (Å²) in [5.41, 5.74) is 0.322. The van der Waals surface area contributed by atoms with Crippen LogP contribution in [0.3, 0.4) is 0 Å². The van der Waals surface area contributed by atoms with E-state index in [0.717, 1.165) is 12.8 Å². The van der Waals surface area contributed by atoms with Gasteiger partial charge in [-0.15, -0.1) is 0 Å². The van der Waals surface area contributed by atoms with Gasteiger partial charge in [-0.25, -0.2) is 0 Å². The van der Waals surface area contributed by atoms with Gasteiger partial charge in [-0.3, -0.25) is 4.79 Å². The Balaban J connectivity index is 1.93. The number of rotatable bonds is 4. The van der Waals surface area contributed by atoms with Gasteiger partial charge in [-0.1, -0.05) is 5.16 Å². The van der Waals surface area contributed by atoms with E-state index in [2.05, 4.69) is 5.16 Å². The predicted molar refractivity (Wildman–Crippen MR) is 67.5 cm³/mol. The van der Waals surface area contributed by atoms with Crippen molar-refractivity contribution >= 4 is 5.91 Å². The van der Waals surface area contributed by atoms with Gasteiger partial charge in [0.05, 0.1) is 6.10 Å². The van der Waals surface area contributed by atoms with Crippen molar-refractivity contribution in [3.63, 3.8) is 0 Å². The maximum atomic E-state index is 12.2. The van der Waals surface area contributed by atoms with Gasteiger partial charge in [-0.05, 0) is 25.7 Å². The molecule has 1 aliphatic rings. The second-order valence-electron chi connectivity index (χ2n) is 4.98. The van der Waals surface area contributed by atoms with Gasteiger partial charge >= 0.3 is 0 Å². The van der Waals surface area contributed by atoms with Crippen LogP contribution in [-0.2, 0) is 11.3 Å². The number of carbonyl (C=O) groups is 1. The second-order valence-corrected chi connectivity index (χ2v) is 4.98. The highest BCUT2D eigenvalue weighted by Gasteiger charge is 2.27. The molecule has 1 amide bonds. The zero-order valence-electron chi connectivity index (χ0n) is 11.3. The van der Waals surface area contributed by atoms with E-state index in [1.165, 1.54) is 0 Å². The van der Waals surface area contributed by atoms with Crippen LogP contribution in [0.2, 0.25) is 0 Å². The van der Waals surface area contributed by atoms with E-state index in [1.54, 1.807) is 25.0 Å². The van der Waals surface area contributed by atoms with E-state index >= 15 is 0 Å². The van der Waals surface area contributed by atoms with Crippen LogP contribution in [0.1, 0.15) is 36.0 Å². The van der Waals surface area contributed by atoms with Crippen molar-refractivity contribution in [2.45, 2.75) is 32.5 Å². The van der Waals surface area contributed by atoms with E-state index in [9.17, 15) is 9.90 Å². The smallest absolute Gasteiger partial charge is 0.276 e. The summed E-state index contributed by atoms with van der Waals surface area (Å²) >= 11 is 0. The molecule has 19 heavy (non-hydrogen) atoms. The molecule has 1 aromatic heterocycles. The summed E-state index contributed by atoms with van der Waals surface area (Å²) in [5.74, 6) is 0.713. The van der Waals surface area contributed by atoms with Crippen LogP contribution in [0.25, 0.3) is 0 Å². The molecule has 2 heterocycles. The van der Waals surface area contributed by atoms with Gasteiger partial charge in [0.25, 0.3) is 5.91 Å². The predicted octanol–water partition coefficient (Wildman–Crippen LogP) is 1.05. The highest BCUT2D eigenvalue weighted by Crippen LogP contribution is 2.21. The van der Waals surface area contributed by atoms with Crippen molar-refractivity contribution in [2.24, 2.45) is 5.92 Å². The molecule has 0 radical (unpaired) electrons. The standard InChI is InChI=1S/C13H20N2O4/c1-9(16)10-3-5-15(6-4-10)13(17)12-7-11(8-18-2)19-14-12/h7,9-10,16H,3-6,8H2,1-2H3. The lowest BCUT2D eigenvalue weighted by Crippen LogP contribution is -2.40. The molecular formula is C13H20N2O4. The van der Waals surface area contributed by atoms with Gasteiger partial charge < -0.3 is 19.3 Å². The lowest BCUT2D eigenvalue weighted by Gasteiger charge is -2.32. The molecule has 0 aromatic carbocycles. The third-order valence-electron chi connectivity index (χ3n) is 3.57. The highest BCUT2D eigenvalue weighted by molar-refractivity contribution is 5.92. The topological polar surface area (TPSA) is 75.8 Å². The van der Waals surface area contributed by atoms with Crippen molar-refractivity contribution in [1.29, 1.82) is 0 Å². The van der Waals surface area contributed by atoms with Crippen LogP contribution in [0.5, 0.6) is 0 Å². The number of hydrogen-bond acceptors (Lipinski definition) is 5. The van der Waals surface area contributed by atoms with E-state index in [-0.39, 0.29) is 17.9 Å². The first-order valence-electron chi connectivity index (χ1n) is 6.53. The molecule has 0 bridgehead atoms. The molecule has 1 fully saturated rings. The maximum absolute atomic E-state index is 12.2. The normalized spacial score (nSPS) is 18.6. The summed E-state index contributed by atoms with van der Waals surface area (Å²) in [4.78, 5) is 14.0. The molecule has 0 saturated carbocycles. The van der Waals surface area contributed by atoms with E-state index < -0.39 is 0 Å². The van der Waals surface area contributed by atoms with E-state index in [4.69, 9.17) is 9.26 Å². The molecule has 2 rings (SSSR count). The monoisotopic (exact) mass is 268 g/mol. The minimum Gasteiger partial charge on any atom is -0.393 e. The van der Waals surface area contributed by atoms with Crippen LogP contribution in [0.15, 0.2) is 10.6 Å². The summed E-state index contributed by atoms with van der Waals surface area (Å²) in [6.45, 7) is 3.42. The molecular weight excluding hydrogens is 248 g/mol. The number of methoxy groups -OCH3 is 1. The lowest BCUT2D eigenvalue weighted by molar-refractivity contribution is 0.0513. The molecule has 6 nitrogen and oxygen atoms in total. The first-order valence-corrected chi connectivity index (χ1v) is 6.53. The average molecular weight is 268 g/mol. The fourth-order valence-corrected chi connectivity index (χ4v) is 2.37. The average Bonchev–Trinajstić information content (AvgIpc) is 2.87. The molecule has 1 saturated heterocycles. The lowest BCUT2D eigenvalue weighted by atomic mass is 9.92. The Labute approximate surface area is 112 Å². The Morgan fingerprint density at radius 3 is 2.89 bits per heavy atom. The molecule has 6 heteroatoms. The molecule has 1 aromatic rings. The Hall–Kier alpha value is -1.40. The number of ether oxygens (including phenoxy) is 1. The third kappa shape index (κ3) is 3.33. The Morgan fingerprint density at radius 1 is 1.63 bits per heavy atom. The van der Waals surface area contributed by atoms with Crippen molar-refractivity contribution in [3.8, 4) is 0 Å². The summed E-state index contributed by atoms with van der Waals surface area (Å²) in [5, 5.41) is 13.3. The molecule has 1 unspecified atom stereocenters. The van der Waals surface area contributed by atoms with E-state index in [0.29, 0.717) is 31.2 Å². The van der Waals surface area contributed by atoms with Gasteiger partial charge in [0.2, 0.25) is 0 Å². The van der Waals surface area contributed by atoms with Crippen molar-refractivity contribution in [1.82, 2.24) is 10.1 Å². The number of carbonyl (C=O) groups excluding carboxylic acids is 1. The molecule has 0 aliphatic carbocycles. The molecule has 1 atom stereocenters. The van der Waals surface area contributed by atoms with Crippen molar-refractivity contribution in [2.75, 3.05) is 20.2 Å². The summed E-state index contributed by atoms with van der Waals surface area (Å²) < 4.78 is 9.93. The van der Waals surface area contributed by atoms with Gasteiger partial charge in [0.15, 0.2) is 11.5 Å². The van der Waals surface area contributed by atoms with Gasteiger partial charge in [0.1, 0.15) is 6.61 Å². The van der Waals surface area contributed by atoms with Crippen LogP contribution < -0.4 is 0 Å². The molecule has 0 spiro atoms. The van der Waals surface area contributed by atoms with E-state index in [1.807, 2.05) is 0 Å². The van der Waals surface area contributed by atoms with Crippen LogP contribution in [0, 0.1) is 5.92 Å². The number of hydrogen-bond donors (Lipinski definition) is 1. The summed E-state index contributed by atoms with van der Waals surface area (Å²) in [7, 11) is 1.56. The summed E-state index contributed by atoms with van der Waals surface area (Å²) in [6, 6.07) is 1.62. The quantitative estimate of drug-likeness (QED) is 0.883. The number of aliphatic hydroxyl groups is 1. The molecule has 1 aliphatic heterocycles. The number of likely N-dealkylation sites (tertiary alicyclic amines) is 1. The summed E-state index contributed by atoms with van der Waals surface area (Å²) in [6.07, 6.45) is 1.34. The zero-order valence-corrected chi connectivity index (χ0v) is 11.3. The maximum Gasteiger partial charge on any atom is 0.276 e.